The predicted molar refractivity (Wildman–Crippen MR) is 396 cm³/mol. The Morgan fingerprint density at radius 3 is 1.02 bits per heavy atom. The number of carbonyl (C=O) groups excluding carboxylic acids is 1. The minimum atomic E-state index is -1.81. The molecule has 4 aromatic carbocycles. The summed E-state index contributed by atoms with van der Waals surface area (Å²) in [5.74, 6) is 4.64. The smallest absolute Gasteiger partial charge is 0.206 e. The van der Waals surface area contributed by atoms with Crippen molar-refractivity contribution in [3.8, 4) is 23.0 Å². The average Bonchev–Trinajstić information content (AvgIpc) is 1.63. The zero-order valence-corrected chi connectivity index (χ0v) is 63.5. The molecule has 12 rings (SSSR count). The molecule has 21 nitrogen and oxygen atoms in total. The molecule has 0 aromatic heterocycles. The number of nitrogens with zero attached hydrogens (tertiary/aromatic N) is 1. The van der Waals surface area contributed by atoms with Gasteiger partial charge in [-0.15, -0.1) is 0 Å². The summed E-state index contributed by atoms with van der Waals surface area (Å²) in [5, 5.41) is 21.7. The van der Waals surface area contributed by atoms with Crippen LogP contribution in [0.25, 0.3) is 0 Å². The average molecular weight is 1450 g/mol. The van der Waals surface area contributed by atoms with Crippen LogP contribution in [0.15, 0.2) is 196 Å². The number of aliphatic hydroxyl groups excluding tert-OH is 1. The number of benzene rings is 4. The van der Waals surface area contributed by atoms with Crippen molar-refractivity contribution >= 4 is 20.8 Å². The lowest BCUT2D eigenvalue weighted by Crippen LogP contribution is -2.42. The number of hydrogen-bond donors (Lipinski definition) is 2. The van der Waals surface area contributed by atoms with Gasteiger partial charge in [-0.05, 0) is 159 Å². The molecule has 8 aliphatic rings. The molecule has 0 saturated heterocycles. The van der Waals surface area contributed by atoms with Gasteiger partial charge in [0.05, 0.1) is 149 Å². The molecule has 4 aliphatic carbocycles. The number of fused-ring (bicyclic) bond motifs is 4. The number of hydrogen-bond acceptors (Lipinski definition) is 21. The highest BCUT2D eigenvalue weighted by atomic mass is 28.4. The zero-order chi connectivity index (χ0) is 74.2. The van der Waals surface area contributed by atoms with Crippen molar-refractivity contribution in [3.05, 3.63) is 213 Å². The van der Waals surface area contributed by atoms with Crippen LogP contribution in [0.3, 0.4) is 0 Å². The Kier molecular flexibility index (Phi) is 30.5. The Morgan fingerprint density at radius 1 is 0.413 bits per heavy atom. The molecule has 0 amide bonds. The largest absolute Gasteiger partial charge is 0.497 e. The fraction of sp³-hybridized carbons (Fsp3) is 0.488. The van der Waals surface area contributed by atoms with Gasteiger partial charge in [0.25, 0.3) is 0 Å². The van der Waals surface area contributed by atoms with E-state index in [0.29, 0.717) is 65.4 Å². The lowest BCUT2D eigenvalue weighted by molar-refractivity contribution is -0.133. The van der Waals surface area contributed by atoms with Crippen LogP contribution in [0.1, 0.15) is 68.7 Å². The van der Waals surface area contributed by atoms with Gasteiger partial charge in [0.1, 0.15) is 29.3 Å². The van der Waals surface area contributed by atoms with E-state index in [-0.39, 0.29) is 71.9 Å². The molecule has 12 atom stereocenters. The van der Waals surface area contributed by atoms with Crippen molar-refractivity contribution in [2.75, 3.05) is 96.5 Å². The molecule has 0 spiro atoms. The molecule has 564 valence electrons. The third-order valence-corrected chi connectivity index (χ3v) is 25.5. The number of aliphatic hydroxyl groups is 1. The number of carbonyl (C=O) groups is 1. The van der Waals surface area contributed by atoms with Crippen LogP contribution in [-0.2, 0) is 92.5 Å². The van der Waals surface area contributed by atoms with Gasteiger partial charge in [0.2, 0.25) is 25.2 Å². The van der Waals surface area contributed by atoms with Crippen LogP contribution in [0.4, 0.5) is 0 Å². The Balaban J connectivity index is 0.000000162. The minimum absolute atomic E-state index is 0.0190. The molecular formula is C82H107NO20Si. The van der Waals surface area contributed by atoms with Gasteiger partial charge in [-0.2, -0.15) is 0 Å². The van der Waals surface area contributed by atoms with E-state index < -0.39 is 14.6 Å². The van der Waals surface area contributed by atoms with Crippen LogP contribution < -0.4 is 18.9 Å². The van der Waals surface area contributed by atoms with Crippen molar-refractivity contribution in [2.45, 2.75) is 116 Å². The highest BCUT2D eigenvalue weighted by Gasteiger charge is 2.46. The summed E-state index contributed by atoms with van der Waals surface area (Å²) in [7, 11) is 11.4. The molecule has 4 aliphatic heterocycles. The van der Waals surface area contributed by atoms with E-state index in [1.165, 1.54) is 17.4 Å². The van der Waals surface area contributed by atoms with Gasteiger partial charge >= 0.3 is 0 Å². The Morgan fingerprint density at radius 2 is 0.712 bits per heavy atom. The van der Waals surface area contributed by atoms with E-state index >= 15 is 0 Å². The molecule has 4 heterocycles. The summed E-state index contributed by atoms with van der Waals surface area (Å²) in [6, 6.07) is 31.4. The second kappa shape index (κ2) is 39.5. The highest BCUT2D eigenvalue weighted by molar-refractivity contribution is 6.74. The summed E-state index contributed by atoms with van der Waals surface area (Å²) < 4.78 is 95.6. The van der Waals surface area contributed by atoms with Gasteiger partial charge in [-0.1, -0.05) is 98.8 Å². The summed E-state index contributed by atoms with van der Waals surface area (Å²) in [5.41, 5.74) is 12.8. The monoisotopic (exact) mass is 1450 g/mol. The highest BCUT2D eigenvalue weighted by Crippen LogP contribution is 2.48. The molecule has 2 N–H and O–H groups in total. The fourth-order valence-electron chi connectivity index (χ4n) is 14.0. The van der Waals surface area contributed by atoms with Crippen molar-refractivity contribution < 1.29 is 95.3 Å². The molecule has 4 aromatic rings. The minimum Gasteiger partial charge on any atom is -0.497 e. The summed E-state index contributed by atoms with van der Waals surface area (Å²) in [6.07, 6.45) is 20.0. The lowest BCUT2D eigenvalue weighted by atomic mass is 9.84. The SMILES string of the molecule is COc1ccc(COCC2=COC(OC)C3C(/C=N\O)=CCC23)cc1.COc1ccc(COCC2=COC(OC)C3C(C=O)=CCC23)cc1.COc1ccc(COCC2=COC(OC)C3C(CO)=CCC23)cc1.COc1ccc(COCC2=COC(OC)C3C(CO[Si](C)(C)C(C)(C)C)=CCC23)cc1. The quantitative estimate of drug-likeness (QED) is 0.0123. The van der Waals surface area contributed by atoms with Gasteiger partial charge in [0.15, 0.2) is 8.32 Å². The maximum absolute atomic E-state index is 11.2. The van der Waals surface area contributed by atoms with Crippen molar-refractivity contribution in [1.29, 1.82) is 0 Å². The van der Waals surface area contributed by atoms with E-state index in [4.69, 9.17) is 85.4 Å². The molecular weight excluding hydrogens is 1350 g/mol. The van der Waals surface area contributed by atoms with Gasteiger partial charge in [-0.3, -0.25) is 4.79 Å². The van der Waals surface area contributed by atoms with Crippen molar-refractivity contribution in [3.63, 3.8) is 0 Å². The van der Waals surface area contributed by atoms with Crippen molar-refractivity contribution in [1.82, 2.24) is 0 Å². The zero-order valence-electron chi connectivity index (χ0n) is 62.5. The Labute approximate surface area is 614 Å². The number of allylic oxidation sites excluding steroid dienone is 4. The molecule has 12 unspecified atom stereocenters. The summed E-state index contributed by atoms with van der Waals surface area (Å²) >= 11 is 0. The third kappa shape index (κ3) is 20.8. The molecule has 22 heteroatoms. The second-order valence-electron chi connectivity index (χ2n) is 28.1. The van der Waals surface area contributed by atoms with Crippen LogP contribution in [0, 0.1) is 47.3 Å². The molecule has 0 bridgehead atoms. The maximum atomic E-state index is 11.2. The topological polar surface area (TPSA) is 227 Å². The summed E-state index contributed by atoms with van der Waals surface area (Å²) in [4.78, 5) is 11.2. The number of ether oxygens (including phenoxy) is 16. The van der Waals surface area contributed by atoms with Crippen LogP contribution in [0.2, 0.25) is 18.1 Å². The fourth-order valence-corrected chi connectivity index (χ4v) is 15.0. The first kappa shape index (κ1) is 80.3. The normalized spacial score (nSPS) is 24.9. The second-order valence-corrected chi connectivity index (χ2v) is 32.9. The van der Waals surface area contributed by atoms with E-state index in [1.807, 2.05) is 109 Å². The third-order valence-electron chi connectivity index (χ3n) is 21.0. The van der Waals surface area contributed by atoms with E-state index in [1.54, 1.807) is 75.7 Å². The number of rotatable bonds is 30. The van der Waals surface area contributed by atoms with E-state index in [9.17, 15) is 9.90 Å². The summed E-state index contributed by atoms with van der Waals surface area (Å²) in [6.45, 7) is 16.3. The molecule has 104 heavy (non-hydrogen) atoms. The van der Waals surface area contributed by atoms with Crippen LogP contribution >= 0.6 is 0 Å². The van der Waals surface area contributed by atoms with Crippen molar-refractivity contribution in [2.24, 2.45) is 52.5 Å². The first-order valence-corrected chi connectivity index (χ1v) is 38.3. The number of oxime groups is 1. The number of methoxy groups -OCH3 is 8. The van der Waals surface area contributed by atoms with Crippen LogP contribution in [0.5, 0.6) is 23.0 Å². The first-order chi connectivity index (χ1) is 50.4. The van der Waals surface area contributed by atoms with Gasteiger partial charge in [-0.25, -0.2) is 0 Å². The van der Waals surface area contributed by atoms with Gasteiger partial charge < -0.3 is 90.5 Å². The van der Waals surface area contributed by atoms with Gasteiger partial charge in [0, 0.05) is 52.1 Å². The Hall–Kier alpha value is -7.84. The molecule has 0 fully saturated rings. The lowest BCUT2D eigenvalue weighted by Gasteiger charge is -2.38. The van der Waals surface area contributed by atoms with E-state index in [0.717, 1.165) is 111 Å². The standard InChI is InChI=1S/C25H38O5Si.C19H23NO5.C19H24O5.C19H22O5/c1-25(2,3)31(6,7)30-17-19-10-13-22-20(16-29-24(27-5)23(19)22)15-28-14-18-8-11-21(26-4)12-9-18;1-22-16-6-3-13(4-7-16)10-24-11-15-12-25-19(23-2)18-14(9-20-21)5-8-17(15)18;2*1-21-16-6-3-13(4-7-16)10-23-11-15-12-24-19(22-2)18-14(9-20)5-8-17(15)18/h8-12,16,22-24H,13-15,17H2,1-7H3;3-7,9,12,17-19,21H,8,10-11H2,1-2H3;3-7,12,17-20H,8-11H2,1-2H3;3-7,9,12,17-19H,8,10-11H2,1-2H3/b;20-9-;;. The van der Waals surface area contributed by atoms with E-state index in [2.05, 4.69) is 57.2 Å². The molecule has 0 saturated carbocycles. The molecule has 0 radical (unpaired) electrons. The number of aldehydes is 1. The van der Waals surface area contributed by atoms with Crippen LogP contribution in [-0.4, -0.2) is 153 Å². The Bertz CT molecular complexity index is 3650. The maximum Gasteiger partial charge on any atom is 0.206 e. The first-order valence-electron chi connectivity index (χ1n) is 35.4. The predicted octanol–water partition coefficient (Wildman–Crippen LogP) is 14.3.